The van der Waals surface area contributed by atoms with Gasteiger partial charge in [-0.05, 0) is 42.8 Å². The molecule has 0 atom stereocenters. The highest BCUT2D eigenvalue weighted by Gasteiger charge is 2.16. The molecule has 5 heteroatoms. The average molecular weight is 287 g/mol. The van der Waals surface area contributed by atoms with Gasteiger partial charge in [-0.3, -0.25) is 4.79 Å². The number of amides is 1. The lowest BCUT2D eigenvalue weighted by Gasteiger charge is -2.13. The predicted molar refractivity (Wildman–Crippen MR) is 80.3 cm³/mol. The number of ether oxygens (including phenoxy) is 2. The van der Waals surface area contributed by atoms with Crippen LogP contribution < -0.4 is 14.8 Å². The van der Waals surface area contributed by atoms with E-state index in [9.17, 15) is 9.90 Å². The van der Waals surface area contributed by atoms with Crippen LogP contribution in [0, 0.1) is 6.92 Å². The van der Waals surface area contributed by atoms with Crippen LogP contribution in [-0.4, -0.2) is 25.2 Å². The summed E-state index contributed by atoms with van der Waals surface area (Å²) in [4.78, 5) is 12.3. The summed E-state index contributed by atoms with van der Waals surface area (Å²) in [5.41, 5.74) is 1.66. The molecule has 0 aliphatic carbocycles. The van der Waals surface area contributed by atoms with Crippen LogP contribution in [0.15, 0.2) is 36.4 Å². The number of rotatable bonds is 4. The zero-order chi connectivity index (χ0) is 15.4. The average Bonchev–Trinajstić information content (AvgIpc) is 2.49. The first-order valence-electron chi connectivity index (χ1n) is 6.38. The molecule has 2 aromatic carbocycles. The van der Waals surface area contributed by atoms with Gasteiger partial charge in [0.1, 0.15) is 5.75 Å². The quantitative estimate of drug-likeness (QED) is 0.848. The molecule has 0 fully saturated rings. The second-order valence-corrected chi connectivity index (χ2v) is 4.50. The molecule has 0 aliphatic rings. The largest absolute Gasteiger partial charge is 0.508 e. The van der Waals surface area contributed by atoms with E-state index in [2.05, 4.69) is 5.32 Å². The van der Waals surface area contributed by atoms with Crippen molar-refractivity contribution in [2.75, 3.05) is 19.5 Å². The summed E-state index contributed by atoms with van der Waals surface area (Å²) in [6.45, 7) is 1.76. The summed E-state index contributed by atoms with van der Waals surface area (Å²) in [6.07, 6.45) is 0. The summed E-state index contributed by atoms with van der Waals surface area (Å²) in [5, 5.41) is 12.3. The van der Waals surface area contributed by atoms with Crippen LogP contribution in [-0.2, 0) is 0 Å². The van der Waals surface area contributed by atoms with Gasteiger partial charge in [0.15, 0.2) is 11.5 Å². The van der Waals surface area contributed by atoms with E-state index in [1.807, 2.05) is 0 Å². The summed E-state index contributed by atoms with van der Waals surface area (Å²) >= 11 is 0. The van der Waals surface area contributed by atoms with Crippen molar-refractivity contribution in [3.8, 4) is 17.2 Å². The fraction of sp³-hybridized carbons (Fsp3) is 0.188. The zero-order valence-corrected chi connectivity index (χ0v) is 12.1. The van der Waals surface area contributed by atoms with Gasteiger partial charge in [-0.15, -0.1) is 0 Å². The summed E-state index contributed by atoms with van der Waals surface area (Å²) < 4.78 is 10.4. The van der Waals surface area contributed by atoms with Crippen LogP contribution in [0.3, 0.4) is 0 Å². The van der Waals surface area contributed by atoms with Gasteiger partial charge in [0.05, 0.1) is 19.8 Å². The number of phenols is 1. The maximum absolute atomic E-state index is 12.3. The van der Waals surface area contributed by atoms with Crippen molar-refractivity contribution in [3.05, 3.63) is 47.5 Å². The first kappa shape index (κ1) is 14.7. The minimum atomic E-state index is -0.309. The van der Waals surface area contributed by atoms with Crippen molar-refractivity contribution < 1.29 is 19.4 Å². The Hall–Kier alpha value is -2.69. The van der Waals surface area contributed by atoms with Crippen molar-refractivity contribution in [3.63, 3.8) is 0 Å². The van der Waals surface area contributed by atoms with Crippen LogP contribution in [0.2, 0.25) is 0 Å². The number of nitrogens with one attached hydrogen (secondary N) is 1. The van der Waals surface area contributed by atoms with E-state index in [0.29, 0.717) is 28.3 Å². The smallest absolute Gasteiger partial charge is 0.259 e. The third-order valence-corrected chi connectivity index (χ3v) is 3.10. The highest BCUT2D eigenvalue weighted by atomic mass is 16.5. The predicted octanol–water partition coefficient (Wildman–Crippen LogP) is 2.97. The zero-order valence-electron chi connectivity index (χ0n) is 12.1. The SMILES string of the molecule is COc1cccc(C(=O)Nc2ccc(O)c(C)c2)c1OC. The molecule has 0 spiro atoms. The molecule has 1 amide bonds. The summed E-state index contributed by atoms with van der Waals surface area (Å²) in [6, 6.07) is 9.96. The number of aromatic hydroxyl groups is 1. The van der Waals surface area contributed by atoms with Gasteiger partial charge in [-0.25, -0.2) is 0 Å². The summed E-state index contributed by atoms with van der Waals surface area (Å²) in [5.74, 6) is 0.753. The van der Waals surface area contributed by atoms with Crippen molar-refractivity contribution in [1.82, 2.24) is 0 Å². The van der Waals surface area contributed by atoms with Crippen molar-refractivity contribution in [2.45, 2.75) is 6.92 Å². The maximum atomic E-state index is 12.3. The number of hydrogen-bond acceptors (Lipinski definition) is 4. The monoisotopic (exact) mass is 287 g/mol. The molecule has 5 nitrogen and oxygen atoms in total. The van der Waals surface area contributed by atoms with Gasteiger partial charge in [0.25, 0.3) is 5.91 Å². The van der Waals surface area contributed by atoms with Crippen LogP contribution in [0.25, 0.3) is 0 Å². The second kappa shape index (κ2) is 6.17. The van der Waals surface area contributed by atoms with Gasteiger partial charge in [-0.2, -0.15) is 0 Å². The van der Waals surface area contributed by atoms with Crippen LogP contribution in [0.1, 0.15) is 15.9 Å². The minimum Gasteiger partial charge on any atom is -0.508 e. The van der Waals surface area contributed by atoms with Crippen molar-refractivity contribution in [2.24, 2.45) is 0 Å². The van der Waals surface area contributed by atoms with E-state index in [1.165, 1.54) is 20.3 Å². The number of carbonyl (C=O) groups excluding carboxylic acids is 1. The fourth-order valence-electron chi connectivity index (χ4n) is 2.00. The molecule has 2 rings (SSSR count). The number of carbonyl (C=O) groups is 1. The molecule has 0 unspecified atom stereocenters. The van der Waals surface area contributed by atoms with Crippen LogP contribution in [0.4, 0.5) is 5.69 Å². The van der Waals surface area contributed by atoms with E-state index in [1.54, 1.807) is 37.3 Å². The van der Waals surface area contributed by atoms with Crippen LogP contribution >= 0.6 is 0 Å². The standard InChI is InChI=1S/C16H17NO4/c1-10-9-11(7-8-13(10)18)17-16(19)12-5-4-6-14(20-2)15(12)21-3/h4-9,18H,1-3H3,(H,17,19). The van der Waals surface area contributed by atoms with Gasteiger partial charge in [0, 0.05) is 5.69 Å². The normalized spacial score (nSPS) is 10.0. The third-order valence-electron chi connectivity index (χ3n) is 3.10. The summed E-state index contributed by atoms with van der Waals surface area (Å²) in [7, 11) is 3.00. The first-order chi connectivity index (χ1) is 10.1. The van der Waals surface area contributed by atoms with Gasteiger partial charge in [0.2, 0.25) is 0 Å². The number of benzene rings is 2. The number of para-hydroxylation sites is 1. The molecule has 0 aromatic heterocycles. The molecule has 0 heterocycles. The van der Waals surface area contributed by atoms with E-state index in [0.717, 1.165) is 0 Å². The Morgan fingerprint density at radius 3 is 2.52 bits per heavy atom. The number of hydrogen-bond donors (Lipinski definition) is 2. The number of methoxy groups -OCH3 is 2. The molecular formula is C16H17NO4. The van der Waals surface area contributed by atoms with Crippen LogP contribution in [0.5, 0.6) is 17.2 Å². The lowest BCUT2D eigenvalue weighted by Crippen LogP contribution is -2.13. The topological polar surface area (TPSA) is 67.8 Å². The Kier molecular flexibility index (Phi) is 4.33. The molecule has 0 aliphatic heterocycles. The Labute approximate surface area is 123 Å². The lowest BCUT2D eigenvalue weighted by molar-refractivity contribution is 0.102. The Balaban J connectivity index is 2.30. The Morgan fingerprint density at radius 1 is 1.14 bits per heavy atom. The number of aryl methyl sites for hydroxylation is 1. The second-order valence-electron chi connectivity index (χ2n) is 4.50. The first-order valence-corrected chi connectivity index (χ1v) is 6.38. The lowest BCUT2D eigenvalue weighted by atomic mass is 10.1. The molecule has 0 saturated heterocycles. The molecule has 21 heavy (non-hydrogen) atoms. The van der Waals surface area contributed by atoms with Crippen molar-refractivity contribution in [1.29, 1.82) is 0 Å². The molecule has 0 bridgehead atoms. The minimum absolute atomic E-state index is 0.187. The maximum Gasteiger partial charge on any atom is 0.259 e. The van der Waals surface area contributed by atoms with E-state index in [4.69, 9.17) is 9.47 Å². The van der Waals surface area contributed by atoms with Gasteiger partial charge >= 0.3 is 0 Å². The number of anilines is 1. The van der Waals surface area contributed by atoms with Gasteiger partial charge in [-0.1, -0.05) is 6.07 Å². The van der Waals surface area contributed by atoms with E-state index < -0.39 is 0 Å². The molecule has 2 N–H and O–H groups in total. The highest BCUT2D eigenvalue weighted by molar-refractivity contribution is 6.06. The highest BCUT2D eigenvalue weighted by Crippen LogP contribution is 2.31. The third kappa shape index (κ3) is 3.08. The Bertz CT molecular complexity index is 667. The number of phenolic OH excluding ortho intramolecular Hbond substituents is 1. The molecule has 0 radical (unpaired) electrons. The van der Waals surface area contributed by atoms with E-state index in [-0.39, 0.29) is 11.7 Å². The Morgan fingerprint density at radius 2 is 1.90 bits per heavy atom. The van der Waals surface area contributed by atoms with E-state index >= 15 is 0 Å². The molecule has 2 aromatic rings. The van der Waals surface area contributed by atoms with Gasteiger partial charge < -0.3 is 19.9 Å². The molecular weight excluding hydrogens is 270 g/mol. The fourth-order valence-corrected chi connectivity index (χ4v) is 2.00. The van der Waals surface area contributed by atoms with Crippen molar-refractivity contribution >= 4 is 11.6 Å². The molecule has 110 valence electrons. The molecule has 0 saturated carbocycles.